The number of carbonyl (C=O) groups excluding carboxylic acids is 1. The fourth-order valence-electron chi connectivity index (χ4n) is 3.75. The number of hydrogen-bond acceptors (Lipinski definition) is 4. The van der Waals surface area contributed by atoms with Gasteiger partial charge in [-0.25, -0.2) is 17.2 Å². The smallest absolute Gasteiger partial charge is 0.264 e. The van der Waals surface area contributed by atoms with Gasteiger partial charge in [-0.2, -0.15) is 0 Å². The first-order chi connectivity index (χ1) is 18.0. The van der Waals surface area contributed by atoms with Crippen molar-refractivity contribution in [2.75, 3.05) is 24.5 Å². The van der Waals surface area contributed by atoms with Crippen LogP contribution in [-0.2, 0) is 21.4 Å². The van der Waals surface area contributed by atoms with Gasteiger partial charge >= 0.3 is 0 Å². The summed E-state index contributed by atoms with van der Waals surface area (Å²) in [6.07, 6.45) is 1.02. The Hall–Kier alpha value is -3.17. The van der Waals surface area contributed by atoms with Crippen LogP contribution in [0.4, 0.5) is 14.5 Å². The van der Waals surface area contributed by atoms with E-state index in [-0.39, 0.29) is 29.9 Å². The average Bonchev–Trinajstić information content (AvgIpc) is 2.87. The molecule has 204 valence electrons. The number of para-hydroxylation sites is 1. The zero-order chi connectivity index (χ0) is 27.9. The van der Waals surface area contributed by atoms with Crippen LogP contribution in [-0.4, -0.2) is 39.4 Å². The first-order valence-corrected chi connectivity index (χ1v) is 14.0. The van der Waals surface area contributed by atoms with Gasteiger partial charge in [0.1, 0.15) is 17.4 Å². The highest BCUT2D eigenvalue weighted by Gasteiger charge is 2.29. The molecular weight excluding hydrogens is 534 g/mol. The number of benzene rings is 3. The highest BCUT2D eigenvalue weighted by molar-refractivity contribution is 7.92. The molecule has 0 radical (unpaired) electrons. The third kappa shape index (κ3) is 7.68. The summed E-state index contributed by atoms with van der Waals surface area (Å²) in [5, 5.41) is 0.336. The Balaban J connectivity index is 1.84. The van der Waals surface area contributed by atoms with Crippen molar-refractivity contribution in [1.29, 1.82) is 0 Å². The molecule has 0 bridgehead atoms. The Morgan fingerprint density at radius 3 is 2.39 bits per heavy atom. The van der Waals surface area contributed by atoms with Gasteiger partial charge in [0.05, 0.1) is 23.7 Å². The number of rotatable bonds is 12. The zero-order valence-corrected chi connectivity index (χ0v) is 23.1. The molecule has 0 aliphatic carbocycles. The molecule has 10 heteroatoms. The molecule has 0 saturated carbocycles. The van der Waals surface area contributed by atoms with Crippen LogP contribution in [0.1, 0.15) is 32.3 Å². The summed E-state index contributed by atoms with van der Waals surface area (Å²) in [4.78, 5) is 13.7. The third-order valence-corrected chi connectivity index (χ3v) is 7.80. The van der Waals surface area contributed by atoms with Crippen molar-refractivity contribution < 1.29 is 26.7 Å². The molecule has 0 aromatic heterocycles. The molecule has 0 fully saturated rings. The maximum atomic E-state index is 14.8. The minimum absolute atomic E-state index is 0.0561. The number of ether oxygens (including phenoxy) is 1. The van der Waals surface area contributed by atoms with Crippen LogP contribution in [0.3, 0.4) is 0 Å². The van der Waals surface area contributed by atoms with Gasteiger partial charge in [-0.05, 0) is 54.8 Å². The molecule has 0 saturated heterocycles. The molecular formula is C28H31ClF2N2O4S. The van der Waals surface area contributed by atoms with Crippen LogP contribution < -0.4 is 9.04 Å². The highest BCUT2D eigenvalue weighted by atomic mass is 35.5. The van der Waals surface area contributed by atoms with E-state index in [9.17, 15) is 22.0 Å². The largest absolute Gasteiger partial charge is 0.493 e. The van der Waals surface area contributed by atoms with Crippen LogP contribution in [0.5, 0.6) is 5.75 Å². The van der Waals surface area contributed by atoms with Gasteiger partial charge in [-0.1, -0.05) is 43.6 Å². The van der Waals surface area contributed by atoms with Gasteiger partial charge in [-0.3, -0.25) is 9.10 Å². The molecule has 3 aromatic carbocycles. The van der Waals surface area contributed by atoms with Crippen molar-refractivity contribution in [3.8, 4) is 5.75 Å². The molecule has 1 amide bonds. The third-order valence-electron chi connectivity index (χ3n) is 5.77. The van der Waals surface area contributed by atoms with E-state index in [1.165, 1.54) is 24.3 Å². The van der Waals surface area contributed by atoms with Gasteiger partial charge < -0.3 is 9.64 Å². The first kappa shape index (κ1) is 29.4. The van der Waals surface area contributed by atoms with Crippen LogP contribution in [0.15, 0.2) is 71.6 Å². The van der Waals surface area contributed by atoms with E-state index in [4.69, 9.17) is 16.3 Å². The van der Waals surface area contributed by atoms with E-state index in [1.807, 2.05) is 13.8 Å². The van der Waals surface area contributed by atoms with E-state index in [2.05, 4.69) is 0 Å². The standard InChI is InChI=1S/C28H31ClF2N2O4S/c1-20(2)17-28(34)32(3)15-6-16-37-27-8-5-4-7-21(27)19-33(26-18-23(30)11-14-25(26)31)38(35,36)24-12-9-22(29)10-13-24/h4-5,7-14,18,20H,6,15-17,19H2,1-3H3. The van der Waals surface area contributed by atoms with E-state index in [0.29, 0.717) is 35.7 Å². The molecule has 3 rings (SSSR count). The van der Waals surface area contributed by atoms with Crippen LogP contribution in [0, 0.1) is 17.6 Å². The molecule has 0 aliphatic rings. The minimum atomic E-state index is -4.31. The lowest BCUT2D eigenvalue weighted by Crippen LogP contribution is -2.31. The Morgan fingerprint density at radius 2 is 1.71 bits per heavy atom. The monoisotopic (exact) mass is 564 g/mol. The molecule has 3 aromatic rings. The minimum Gasteiger partial charge on any atom is -0.493 e. The lowest BCUT2D eigenvalue weighted by Gasteiger charge is -2.26. The van der Waals surface area contributed by atoms with E-state index in [1.54, 1.807) is 36.2 Å². The number of nitrogens with zero attached hydrogens (tertiary/aromatic N) is 2. The summed E-state index contributed by atoms with van der Waals surface area (Å²) in [6.45, 7) is 4.43. The molecule has 0 unspecified atom stereocenters. The SMILES string of the molecule is CC(C)CC(=O)N(C)CCCOc1ccccc1CN(c1cc(F)ccc1F)S(=O)(=O)c1ccc(Cl)cc1. The van der Waals surface area contributed by atoms with Crippen LogP contribution in [0.25, 0.3) is 0 Å². The van der Waals surface area contributed by atoms with Crippen LogP contribution in [0.2, 0.25) is 5.02 Å². The lowest BCUT2D eigenvalue weighted by atomic mass is 10.1. The van der Waals surface area contributed by atoms with E-state index < -0.39 is 27.3 Å². The highest BCUT2D eigenvalue weighted by Crippen LogP contribution is 2.31. The predicted octanol–water partition coefficient (Wildman–Crippen LogP) is 6.29. The molecule has 0 spiro atoms. The van der Waals surface area contributed by atoms with Gasteiger partial charge in [0, 0.05) is 36.7 Å². The Bertz CT molecular complexity index is 1350. The van der Waals surface area contributed by atoms with E-state index >= 15 is 0 Å². The summed E-state index contributed by atoms with van der Waals surface area (Å²) in [5.74, 6) is -0.949. The number of carbonyl (C=O) groups is 1. The summed E-state index contributed by atoms with van der Waals surface area (Å²) < 4.78 is 62.9. The van der Waals surface area contributed by atoms with Crippen molar-refractivity contribution in [3.05, 3.63) is 89.0 Å². The fourth-order valence-corrected chi connectivity index (χ4v) is 5.32. The molecule has 6 nitrogen and oxygen atoms in total. The fraction of sp³-hybridized carbons (Fsp3) is 0.321. The summed E-state index contributed by atoms with van der Waals surface area (Å²) >= 11 is 5.92. The summed E-state index contributed by atoms with van der Waals surface area (Å²) in [6, 6.07) is 14.9. The predicted molar refractivity (Wildman–Crippen MR) is 145 cm³/mol. The van der Waals surface area contributed by atoms with Gasteiger partial charge in [0.25, 0.3) is 10.0 Å². The second-order valence-electron chi connectivity index (χ2n) is 9.28. The van der Waals surface area contributed by atoms with Gasteiger partial charge in [0.2, 0.25) is 5.91 Å². The molecule has 0 heterocycles. The van der Waals surface area contributed by atoms with Crippen molar-refractivity contribution in [2.24, 2.45) is 5.92 Å². The molecule has 0 atom stereocenters. The second-order valence-corrected chi connectivity index (χ2v) is 11.6. The lowest BCUT2D eigenvalue weighted by molar-refractivity contribution is -0.130. The van der Waals surface area contributed by atoms with Gasteiger partial charge in [-0.15, -0.1) is 0 Å². The second kappa shape index (κ2) is 13.1. The number of sulfonamides is 1. The summed E-state index contributed by atoms with van der Waals surface area (Å²) in [5.41, 5.74) is 0.0259. The maximum absolute atomic E-state index is 14.8. The topological polar surface area (TPSA) is 66.9 Å². The number of amides is 1. The Labute approximate surface area is 227 Å². The normalized spacial score (nSPS) is 11.4. The van der Waals surface area contributed by atoms with Crippen molar-refractivity contribution >= 4 is 33.2 Å². The summed E-state index contributed by atoms with van der Waals surface area (Å²) in [7, 11) is -2.57. The van der Waals surface area contributed by atoms with Crippen LogP contribution >= 0.6 is 11.6 Å². The maximum Gasteiger partial charge on any atom is 0.264 e. The zero-order valence-electron chi connectivity index (χ0n) is 21.5. The average molecular weight is 565 g/mol. The number of halogens is 3. The first-order valence-electron chi connectivity index (χ1n) is 12.2. The van der Waals surface area contributed by atoms with E-state index in [0.717, 1.165) is 22.5 Å². The van der Waals surface area contributed by atoms with Crippen molar-refractivity contribution in [3.63, 3.8) is 0 Å². The number of anilines is 1. The van der Waals surface area contributed by atoms with Crippen molar-refractivity contribution in [1.82, 2.24) is 4.90 Å². The Kier molecular flexibility index (Phi) is 10.1. The molecule has 0 N–H and O–H groups in total. The van der Waals surface area contributed by atoms with Gasteiger partial charge in [0.15, 0.2) is 0 Å². The quantitative estimate of drug-likeness (QED) is 0.243. The number of hydrogen-bond donors (Lipinski definition) is 0. The molecule has 38 heavy (non-hydrogen) atoms. The molecule has 0 aliphatic heterocycles. The van der Waals surface area contributed by atoms with Crippen molar-refractivity contribution in [2.45, 2.75) is 38.1 Å². The Morgan fingerprint density at radius 1 is 1.03 bits per heavy atom.